The molecule has 0 spiro atoms. The molecule has 1 rings (SSSR count). The summed E-state index contributed by atoms with van der Waals surface area (Å²) in [6.45, 7) is 7.53. The van der Waals surface area contributed by atoms with Gasteiger partial charge in [-0.15, -0.1) is 0 Å². The number of aryl methyl sites for hydroxylation is 1. The van der Waals surface area contributed by atoms with Crippen LogP contribution >= 0.6 is 0 Å². The number of imidazole rings is 1. The Morgan fingerprint density at radius 3 is 2.76 bits per heavy atom. The van der Waals surface area contributed by atoms with Gasteiger partial charge in [-0.3, -0.25) is 4.79 Å². The van der Waals surface area contributed by atoms with Gasteiger partial charge in [0.25, 0.3) is 0 Å². The van der Waals surface area contributed by atoms with Crippen LogP contribution < -0.4 is 5.73 Å². The number of carbonyl (C=O) groups excluding carboxylic acids is 1. The van der Waals surface area contributed by atoms with Gasteiger partial charge in [-0.05, 0) is 18.8 Å². The van der Waals surface area contributed by atoms with E-state index in [1.807, 2.05) is 10.8 Å². The van der Waals surface area contributed by atoms with Crippen molar-refractivity contribution >= 4 is 5.78 Å². The minimum absolute atomic E-state index is 0.0830. The molecule has 0 bridgehead atoms. The molecule has 0 saturated heterocycles. The first kappa shape index (κ1) is 13.9. The van der Waals surface area contributed by atoms with Crippen molar-refractivity contribution in [2.75, 3.05) is 6.54 Å². The Hall–Kier alpha value is -1.16. The fourth-order valence-corrected chi connectivity index (χ4v) is 2.02. The number of carbonyl (C=O) groups is 1. The van der Waals surface area contributed by atoms with E-state index >= 15 is 0 Å². The number of aromatic nitrogens is 2. The summed E-state index contributed by atoms with van der Waals surface area (Å²) in [7, 11) is 0. The number of nitrogens with zero attached hydrogens (tertiary/aromatic N) is 2. The van der Waals surface area contributed by atoms with E-state index in [2.05, 4.69) is 25.8 Å². The van der Waals surface area contributed by atoms with Crippen LogP contribution in [0.15, 0.2) is 12.4 Å². The highest BCUT2D eigenvalue weighted by molar-refractivity contribution is 5.94. The third kappa shape index (κ3) is 3.66. The maximum atomic E-state index is 12.3. The van der Waals surface area contributed by atoms with Crippen molar-refractivity contribution < 1.29 is 4.79 Å². The van der Waals surface area contributed by atoms with Crippen molar-refractivity contribution in [1.82, 2.24) is 9.55 Å². The Kier molecular flexibility index (Phi) is 5.35. The molecule has 0 amide bonds. The Morgan fingerprint density at radius 1 is 1.53 bits per heavy atom. The molecule has 0 radical (unpaired) electrons. The molecule has 0 aromatic carbocycles. The number of ketones is 1. The molecule has 1 aromatic rings. The van der Waals surface area contributed by atoms with E-state index in [1.54, 1.807) is 6.20 Å². The smallest absolute Gasteiger partial charge is 0.202 e. The highest BCUT2D eigenvalue weighted by Crippen LogP contribution is 2.16. The van der Waals surface area contributed by atoms with Crippen LogP contribution in [-0.4, -0.2) is 21.9 Å². The molecular formula is C13H23N3O. The predicted molar refractivity (Wildman–Crippen MR) is 68.8 cm³/mol. The highest BCUT2D eigenvalue weighted by Gasteiger charge is 2.23. The summed E-state index contributed by atoms with van der Waals surface area (Å²) < 4.78 is 1.92. The van der Waals surface area contributed by atoms with Crippen molar-refractivity contribution in [3.05, 3.63) is 18.2 Å². The van der Waals surface area contributed by atoms with E-state index in [1.165, 1.54) is 0 Å². The van der Waals surface area contributed by atoms with Crippen molar-refractivity contribution in [2.24, 2.45) is 17.6 Å². The standard InChI is InChI=1S/C13H23N3O/c1-4-6-16-7-5-15-13(16)12(17)11(9-14)8-10(2)3/h5,7,10-11H,4,6,8-9,14H2,1-3H3. The van der Waals surface area contributed by atoms with Gasteiger partial charge in [0, 0.05) is 31.4 Å². The van der Waals surface area contributed by atoms with Gasteiger partial charge in [0.05, 0.1) is 0 Å². The summed E-state index contributed by atoms with van der Waals surface area (Å²) in [4.78, 5) is 16.5. The minimum atomic E-state index is -0.104. The van der Waals surface area contributed by atoms with Gasteiger partial charge in [0.15, 0.2) is 5.82 Å². The maximum absolute atomic E-state index is 12.3. The van der Waals surface area contributed by atoms with E-state index < -0.39 is 0 Å². The van der Waals surface area contributed by atoms with Gasteiger partial charge in [-0.2, -0.15) is 0 Å². The number of rotatable bonds is 7. The first-order valence-corrected chi connectivity index (χ1v) is 6.35. The molecule has 4 nitrogen and oxygen atoms in total. The third-order valence-electron chi connectivity index (χ3n) is 2.81. The lowest BCUT2D eigenvalue weighted by Gasteiger charge is -2.16. The predicted octanol–water partition coefficient (Wildman–Crippen LogP) is 2.10. The van der Waals surface area contributed by atoms with Crippen molar-refractivity contribution in [1.29, 1.82) is 0 Å². The van der Waals surface area contributed by atoms with E-state index in [9.17, 15) is 4.79 Å². The monoisotopic (exact) mass is 237 g/mol. The molecule has 0 aliphatic carbocycles. The molecule has 1 aromatic heterocycles. The molecule has 17 heavy (non-hydrogen) atoms. The largest absolute Gasteiger partial charge is 0.330 e. The second-order valence-corrected chi connectivity index (χ2v) is 4.87. The van der Waals surface area contributed by atoms with Gasteiger partial charge in [-0.25, -0.2) is 4.98 Å². The van der Waals surface area contributed by atoms with Crippen molar-refractivity contribution in [3.63, 3.8) is 0 Å². The van der Waals surface area contributed by atoms with Gasteiger partial charge < -0.3 is 10.3 Å². The number of hydrogen-bond acceptors (Lipinski definition) is 3. The molecule has 0 aliphatic heterocycles. The summed E-state index contributed by atoms with van der Waals surface area (Å²) >= 11 is 0. The van der Waals surface area contributed by atoms with Crippen molar-refractivity contribution in [2.45, 2.75) is 40.2 Å². The van der Waals surface area contributed by atoms with E-state index in [0.717, 1.165) is 19.4 Å². The van der Waals surface area contributed by atoms with E-state index in [-0.39, 0.29) is 11.7 Å². The van der Waals surface area contributed by atoms with Crippen LogP contribution in [0.2, 0.25) is 0 Å². The summed E-state index contributed by atoms with van der Waals surface area (Å²) in [5.41, 5.74) is 5.69. The van der Waals surface area contributed by atoms with Crippen molar-refractivity contribution in [3.8, 4) is 0 Å². The molecule has 4 heteroatoms. The lowest BCUT2D eigenvalue weighted by atomic mass is 9.93. The van der Waals surface area contributed by atoms with Crippen LogP contribution in [0, 0.1) is 11.8 Å². The molecule has 2 N–H and O–H groups in total. The average Bonchev–Trinajstić information content (AvgIpc) is 2.73. The molecule has 0 aliphatic rings. The second kappa shape index (κ2) is 6.55. The minimum Gasteiger partial charge on any atom is -0.330 e. The fraction of sp³-hybridized carbons (Fsp3) is 0.692. The zero-order valence-corrected chi connectivity index (χ0v) is 11.0. The third-order valence-corrected chi connectivity index (χ3v) is 2.81. The Balaban J connectivity index is 2.82. The Labute approximate surface area is 103 Å². The Morgan fingerprint density at radius 2 is 2.24 bits per heavy atom. The fourth-order valence-electron chi connectivity index (χ4n) is 2.02. The zero-order chi connectivity index (χ0) is 12.8. The molecule has 1 unspecified atom stereocenters. The summed E-state index contributed by atoms with van der Waals surface area (Å²) in [5.74, 6) is 1.01. The molecule has 96 valence electrons. The lowest BCUT2D eigenvalue weighted by Crippen LogP contribution is -2.27. The maximum Gasteiger partial charge on any atom is 0.202 e. The average molecular weight is 237 g/mol. The molecule has 0 fully saturated rings. The Bertz CT molecular complexity index is 357. The number of Topliss-reactive ketones (excluding diaryl/α,β-unsaturated/α-hetero) is 1. The van der Waals surface area contributed by atoms with Gasteiger partial charge in [-0.1, -0.05) is 20.8 Å². The van der Waals surface area contributed by atoms with E-state index in [0.29, 0.717) is 18.3 Å². The quantitative estimate of drug-likeness (QED) is 0.739. The number of nitrogens with two attached hydrogens (primary N) is 1. The molecule has 1 heterocycles. The normalized spacial score (nSPS) is 13.0. The SMILES string of the molecule is CCCn1ccnc1C(=O)C(CN)CC(C)C. The van der Waals surface area contributed by atoms with Crippen LogP contribution in [0.4, 0.5) is 0 Å². The molecule has 1 atom stereocenters. The molecular weight excluding hydrogens is 214 g/mol. The first-order valence-electron chi connectivity index (χ1n) is 6.35. The van der Waals surface area contributed by atoms with Crippen LogP contribution in [0.25, 0.3) is 0 Å². The topological polar surface area (TPSA) is 60.9 Å². The van der Waals surface area contributed by atoms with Crippen LogP contribution in [0.1, 0.15) is 44.2 Å². The van der Waals surface area contributed by atoms with Crippen LogP contribution in [0.3, 0.4) is 0 Å². The highest BCUT2D eigenvalue weighted by atomic mass is 16.1. The van der Waals surface area contributed by atoms with E-state index in [4.69, 9.17) is 5.73 Å². The van der Waals surface area contributed by atoms with Gasteiger partial charge >= 0.3 is 0 Å². The van der Waals surface area contributed by atoms with Gasteiger partial charge in [0.1, 0.15) is 0 Å². The summed E-state index contributed by atoms with van der Waals surface area (Å²) in [5, 5.41) is 0. The summed E-state index contributed by atoms with van der Waals surface area (Å²) in [6.07, 6.45) is 5.37. The summed E-state index contributed by atoms with van der Waals surface area (Å²) in [6, 6.07) is 0. The van der Waals surface area contributed by atoms with Gasteiger partial charge in [0.2, 0.25) is 5.78 Å². The van der Waals surface area contributed by atoms with Crippen LogP contribution in [0.5, 0.6) is 0 Å². The zero-order valence-electron chi connectivity index (χ0n) is 11.0. The number of hydrogen-bond donors (Lipinski definition) is 1. The first-order chi connectivity index (χ1) is 8.10. The van der Waals surface area contributed by atoms with Crippen LogP contribution in [-0.2, 0) is 6.54 Å². The molecule has 0 saturated carbocycles. The lowest BCUT2D eigenvalue weighted by molar-refractivity contribution is 0.0893. The second-order valence-electron chi connectivity index (χ2n) is 4.87.